The molecule has 0 bridgehead atoms. The van der Waals surface area contributed by atoms with Gasteiger partial charge in [0.1, 0.15) is 61.4 Å². The Kier molecular flexibility index (Phi) is 18.6. The van der Waals surface area contributed by atoms with Crippen LogP contribution in [0.15, 0.2) is 69.9 Å². The van der Waals surface area contributed by atoms with Gasteiger partial charge < -0.3 is 66.7 Å². The van der Waals surface area contributed by atoms with Crippen LogP contribution in [0.2, 0.25) is 0 Å². The van der Waals surface area contributed by atoms with E-state index in [1.807, 2.05) is 0 Å². The van der Waals surface area contributed by atoms with Gasteiger partial charge in [-0.3, -0.25) is 38.4 Å². The van der Waals surface area contributed by atoms with Crippen LogP contribution in [0.4, 0.5) is 20.2 Å². The maximum absolute atomic E-state index is 15.6. The van der Waals surface area contributed by atoms with E-state index in [0.717, 1.165) is 52.0 Å². The largest absolute Gasteiger partial charge is 0.497 e. The monoisotopic (exact) mass is 982 g/mol. The second-order valence-electron chi connectivity index (χ2n) is 14.2. The molecule has 5 rings (SSSR count). The number of rotatable bonds is 24. The number of carbonyl (C=O) groups excluding carboxylic acids is 7. The average Bonchev–Trinajstić information content (AvgIpc) is 3.29. The fourth-order valence-electron chi connectivity index (χ4n) is 6.12. The first kappa shape index (κ1) is 52.3. The van der Waals surface area contributed by atoms with Gasteiger partial charge in [0, 0.05) is 62.4 Å². The lowest BCUT2D eigenvalue weighted by molar-refractivity contribution is -0.166. The van der Waals surface area contributed by atoms with Crippen LogP contribution < -0.4 is 34.6 Å². The van der Waals surface area contributed by atoms with Gasteiger partial charge in [-0.1, -0.05) is 6.07 Å². The van der Waals surface area contributed by atoms with Crippen molar-refractivity contribution < 1.29 is 98.9 Å². The Morgan fingerprint density at radius 2 is 1.19 bits per heavy atom. The van der Waals surface area contributed by atoms with Crippen LogP contribution >= 0.6 is 0 Å². The summed E-state index contributed by atoms with van der Waals surface area (Å²) in [5, 5.41) is 2.94. The minimum atomic E-state index is -1.14. The highest BCUT2D eigenvalue weighted by molar-refractivity contribution is 6.02. The molecule has 22 nitrogen and oxygen atoms in total. The van der Waals surface area contributed by atoms with E-state index in [1.165, 1.54) is 48.4 Å². The molecule has 0 saturated carbocycles. The topological polar surface area (TPSA) is 266 Å². The molecule has 1 N–H and O–H groups in total. The highest BCUT2D eigenvalue weighted by atomic mass is 19.1. The van der Waals surface area contributed by atoms with Crippen LogP contribution in [0.5, 0.6) is 23.0 Å². The first-order valence-electron chi connectivity index (χ1n) is 20.5. The van der Waals surface area contributed by atoms with Gasteiger partial charge in [-0.2, -0.15) is 0 Å². The Balaban J connectivity index is 1.50. The molecule has 0 radical (unpaired) electrons. The van der Waals surface area contributed by atoms with E-state index >= 15 is 4.39 Å². The number of halogens is 2. The summed E-state index contributed by atoms with van der Waals surface area (Å²) in [4.78, 5) is 96.9. The van der Waals surface area contributed by atoms with Crippen molar-refractivity contribution in [3.63, 3.8) is 0 Å². The molecule has 2 aliphatic rings. The Morgan fingerprint density at radius 1 is 0.600 bits per heavy atom. The molecule has 372 valence electrons. The van der Waals surface area contributed by atoms with E-state index in [0.29, 0.717) is 0 Å². The molecule has 0 atom stereocenters. The molecule has 0 unspecified atom stereocenters. The summed E-state index contributed by atoms with van der Waals surface area (Å²) < 4.78 is 93.2. The van der Waals surface area contributed by atoms with Crippen molar-refractivity contribution in [3.05, 3.63) is 82.5 Å². The lowest BCUT2D eigenvalue weighted by Gasteiger charge is -2.25. The smallest absolute Gasteiger partial charge is 0.328 e. The molecule has 0 amide bonds. The molecule has 0 saturated heterocycles. The molecular weight excluding hydrogens is 938 g/mol. The zero-order valence-corrected chi connectivity index (χ0v) is 38.0. The summed E-state index contributed by atoms with van der Waals surface area (Å²) in [6.07, 6.45) is 0. The third-order valence-electron chi connectivity index (χ3n) is 9.19. The van der Waals surface area contributed by atoms with Crippen molar-refractivity contribution in [3.8, 4) is 45.4 Å². The zero-order valence-electron chi connectivity index (χ0n) is 38.0. The van der Waals surface area contributed by atoms with E-state index in [9.17, 15) is 42.7 Å². The van der Waals surface area contributed by atoms with Gasteiger partial charge >= 0.3 is 41.8 Å². The van der Waals surface area contributed by atoms with Crippen molar-refractivity contribution in [2.45, 2.75) is 27.7 Å². The normalized spacial score (nSPS) is 10.6. The molecule has 1 aliphatic heterocycles. The van der Waals surface area contributed by atoms with Crippen molar-refractivity contribution >= 4 is 64.1 Å². The van der Waals surface area contributed by atoms with Gasteiger partial charge in [0.05, 0.1) is 18.5 Å². The van der Waals surface area contributed by atoms with E-state index in [2.05, 4.69) is 19.5 Å². The SMILES string of the molecule is COc1ccc(N(CC(=O)OCOC(C)=O)CC(=O)OCOC(C)=O)c(OCCOc2cc(-c3c4cc(F)c(=O)cc-4oc4cc(OCOC(C)=O)c(F)cc34)ccc2NCC(=O)OCOC(C)=O)c1. The van der Waals surface area contributed by atoms with Crippen LogP contribution in [0, 0.1) is 11.6 Å². The number of hydrogen-bond donors (Lipinski definition) is 1. The highest BCUT2D eigenvalue weighted by Crippen LogP contribution is 2.44. The van der Waals surface area contributed by atoms with E-state index < -0.39 is 106 Å². The number of nitrogens with one attached hydrogen (secondary N) is 1. The second kappa shape index (κ2) is 24.9. The third-order valence-corrected chi connectivity index (χ3v) is 9.19. The van der Waals surface area contributed by atoms with Crippen molar-refractivity contribution in [2.75, 3.05) is 77.3 Å². The fraction of sp³-hybridized carbons (Fsp3) is 0.304. The minimum Gasteiger partial charge on any atom is -0.497 e. The Bertz CT molecular complexity index is 2740. The van der Waals surface area contributed by atoms with Gasteiger partial charge in [0.15, 0.2) is 17.4 Å². The van der Waals surface area contributed by atoms with Crippen LogP contribution in [-0.4, -0.2) is 109 Å². The lowest BCUT2D eigenvalue weighted by Crippen LogP contribution is -2.37. The number of fused-ring (bicyclic) bond motifs is 2. The summed E-state index contributed by atoms with van der Waals surface area (Å²) in [6.45, 7) is -0.519. The number of carbonyl (C=O) groups is 7. The number of hydrogen-bond acceptors (Lipinski definition) is 22. The van der Waals surface area contributed by atoms with E-state index in [4.69, 9.17) is 42.3 Å². The van der Waals surface area contributed by atoms with Crippen molar-refractivity contribution in [1.29, 1.82) is 0 Å². The molecule has 3 aromatic carbocycles. The molecule has 1 aliphatic carbocycles. The second-order valence-corrected chi connectivity index (χ2v) is 14.2. The first-order valence-corrected chi connectivity index (χ1v) is 20.5. The van der Waals surface area contributed by atoms with Gasteiger partial charge in [-0.05, 0) is 42.0 Å². The number of ether oxygens (including phenoxy) is 11. The summed E-state index contributed by atoms with van der Waals surface area (Å²) in [7, 11) is 1.38. The predicted molar refractivity (Wildman–Crippen MR) is 235 cm³/mol. The third kappa shape index (κ3) is 15.2. The summed E-state index contributed by atoms with van der Waals surface area (Å²) in [6, 6.07) is 12.8. The summed E-state index contributed by atoms with van der Waals surface area (Å²) >= 11 is 0. The zero-order chi connectivity index (χ0) is 50.9. The lowest BCUT2D eigenvalue weighted by atomic mass is 9.93. The number of benzene rings is 4. The standard InChI is InChI=1S/C46H44F2N2O20/c1-25(51)62-21-66-40-17-39-32(15-34(40)48)46(31-14-33(47)37(55)16-38(31)70-39)29-6-8-35(49-18-43(56)67-22-63-26(2)52)41(12-29)60-10-11-61-42-13-30(59-5)7-9-36(42)50(19-44(57)68-23-64-27(3)53)20-45(58)69-24-65-28(4)54/h6-9,12-17,49H,10-11,18-24H2,1-5H3. The Hall–Kier alpha value is -8.70. The Morgan fingerprint density at radius 3 is 1.79 bits per heavy atom. The number of methoxy groups -OCH3 is 1. The molecule has 24 heteroatoms. The Labute approximate surface area is 395 Å². The molecule has 70 heavy (non-hydrogen) atoms. The van der Waals surface area contributed by atoms with Crippen molar-refractivity contribution in [2.24, 2.45) is 0 Å². The maximum Gasteiger partial charge on any atom is 0.328 e. The highest BCUT2D eigenvalue weighted by Gasteiger charge is 2.25. The average molecular weight is 983 g/mol. The van der Waals surface area contributed by atoms with Crippen LogP contribution in [0.3, 0.4) is 0 Å². The van der Waals surface area contributed by atoms with Crippen LogP contribution in [-0.2, 0) is 66.7 Å². The minimum absolute atomic E-state index is 0.0252. The molecular formula is C46H44F2N2O20. The van der Waals surface area contributed by atoms with Crippen molar-refractivity contribution in [1.82, 2.24) is 0 Å². The van der Waals surface area contributed by atoms with Gasteiger partial charge in [0.25, 0.3) is 0 Å². The maximum atomic E-state index is 15.6. The quantitative estimate of drug-likeness (QED) is 0.0291. The molecule has 1 heterocycles. The molecule has 0 spiro atoms. The number of anilines is 2. The van der Waals surface area contributed by atoms with Gasteiger partial charge in [0.2, 0.25) is 32.6 Å². The molecule has 0 fully saturated rings. The van der Waals surface area contributed by atoms with Gasteiger partial charge in [-0.25, -0.2) is 8.78 Å². The van der Waals surface area contributed by atoms with Gasteiger partial charge in [-0.15, -0.1) is 0 Å². The molecule has 0 aromatic heterocycles. The number of nitrogens with zero attached hydrogens (tertiary/aromatic N) is 1. The first-order chi connectivity index (χ1) is 33.4. The van der Waals surface area contributed by atoms with Crippen LogP contribution in [0.1, 0.15) is 27.7 Å². The summed E-state index contributed by atoms with van der Waals surface area (Å²) in [5.41, 5.74) is -0.270. The van der Waals surface area contributed by atoms with E-state index in [1.54, 1.807) is 0 Å². The number of esters is 7. The molecule has 3 aromatic rings. The van der Waals surface area contributed by atoms with E-state index in [-0.39, 0.29) is 81.0 Å². The van der Waals surface area contributed by atoms with Crippen LogP contribution in [0.25, 0.3) is 33.4 Å². The fourth-order valence-corrected chi connectivity index (χ4v) is 6.12. The summed E-state index contributed by atoms with van der Waals surface area (Å²) in [5.74, 6) is -7.73. The predicted octanol–water partition coefficient (Wildman–Crippen LogP) is 4.62.